The summed E-state index contributed by atoms with van der Waals surface area (Å²) >= 11 is 0. The van der Waals surface area contributed by atoms with E-state index in [2.05, 4.69) is 55.3 Å². The Balaban J connectivity index is 0.999. The maximum atomic E-state index is 12.8. The van der Waals surface area contributed by atoms with Crippen LogP contribution in [0.2, 0.25) is 0 Å². The minimum absolute atomic E-state index is 0.0428. The van der Waals surface area contributed by atoms with E-state index in [4.69, 9.17) is 14.2 Å². The van der Waals surface area contributed by atoms with E-state index in [0.29, 0.717) is 18.4 Å². The molecule has 7 atom stereocenters. The summed E-state index contributed by atoms with van der Waals surface area (Å²) in [6, 6.07) is 16.3. The molecule has 0 radical (unpaired) electrons. The van der Waals surface area contributed by atoms with Crippen LogP contribution in [0, 0.1) is 17.8 Å². The highest BCUT2D eigenvalue weighted by molar-refractivity contribution is 5.79. The maximum Gasteiger partial charge on any atom is 0.407 e. The normalized spacial score (nSPS) is 25.7. The summed E-state index contributed by atoms with van der Waals surface area (Å²) in [4.78, 5) is 25.4. The summed E-state index contributed by atoms with van der Waals surface area (Å²) in [7, 11) is 0. The third-order valence-corrected chi connectivity index (χ3v) is 10.5. The molecule has 1 spiro atoms. The number of rotatable bonds is 14. The third kappa shape index (κ3) is 8.84. The van der Waals surface area contributed by atoms with Crippen LogP contribution in [0.4, 0.5) is 4.79 Å². The van der Waals surface area contributed by atoms with Gasteiger partial charge in [0.2, 0.25) is 5.91 Å². The molecule has 256 valence electrons. The predicted molar refractivity (Wildman–Crippen MR) is 184 cm³/mol. The van der Waals surface area contributed by atoms with Crippen LogP contribution < -0.4 is 10.6 Å². The quantitative estimate of drug-likeness (QED) is 0.149. The van der Waals surface area contributed by atoms with Gasteiger partial charge in [-0.05, 0) is 79.0 Å². The molecule has 47 heavy (non-hydrogen) atoms. The number of carbonyl (C=O) groups is 2. The molecule has 0 bridgehead atoms. The molecular weight excluding hydrogens is 592 g/mol. The minimum Gasteiger partial charge on any atom is -0.449 e. The largest absolute Gasteiger partial charge is 0.449 e. The standard InChI is InChI=1S/C39H54N2O6/c1-5-26(2)18-19-29-12-10-21-39(46-29)22-20-27(3)36(47-39)17-11-23-40-37(43)28(4)35(42)24-41-38(44)45-25-34-32-15-8-6-13-30(32)31-14-7-9-16-33(31)34/h5-9,13-16,26-29,34-36,42H,1,10-12,17-25H2,2-4H3,(H,40,43)(H,41,44)/t26-,27?,28+,29+,35+,36-,39+/m1/s1. The predicted octanol–water partition coefficient (Wildman–Crippen LogP) is 7.10. The van der Waals surface area contributed by atoms with Crippen molar-refractivity contribution in [3.63, 3.8) is 0 Å². The molecule has 0 saturated carbocycles. The molecule has 8 nitrogen and oxygen atoms in total. The first-order valence-electron chi connectivity index (χ1n) is 17.7. The first-order chi connectivity index (χ1) is 22.7. The number of aliphatic hydroxyl groups is 1. The molecular formula is C39H54N2O6. The van der Waals surface area contributed by atoms with Crippen LogP contribution in [0.5, 0.6) is 0 Å². The number of carbonyl (C=O) groups excluding carboxylic acids is 2. The molecule has 5 rings (SSSR count). The molecule has 2 amide bonds. The van der Waals surface area contributed by atoms with Crippen LogP contribution in [0.1, 0.15) is 95.6 Å². The molecule has 2 aliphatic heterocycles. The summed E-state index contributed by atoms with van der Waals surface area (Å²) < 4.78 is 18.8. The van der Waals surface area contributed by atoms with E-state index in [-0.39, 0.29) is 37.2 Å². The summed E-state index contributed by atoms with van der Waals surface area (Å²) in [6.07, 6.45) is 9.61. The van der Waals surface area contributed by atoms with Crippen molar-refractivity contribution in [3.05, 3.63) is 72.3 Å². The van der Waals surface area contributed by atoms with Crippen molar-refractivity contribution in [1.29, 1.82) is 0 Å². The van der Waals surface area contributed by atoms with Crippen molar-refractivity contribution in [2.75, 3.05) is 19.7 Å². The van der Waals surface area contributed by atoms with Gasteiger partial charge in [-0.2, -0.15) is 0 Å². The fourth-order valence-electron chi connectivity index (χ4n) is 7.35. The Morgan fingerprint density at radius 1 is 1.02 bits per heavy atom. The van der Waals surface area contributed by atoms with Crippen LogP contribution in [0.25, 0.3) is 11.1 Å². The van der Waals surface area contributed by atoms with Crippen molar-refractivity contribution in [1.82, 2.24) is 10.6 Å². The lowest BCUT2D eigenvalue weighted by Crippen LogP contribution is -2.50. The van der Waals surface area contributed by atoms with E-state index in [1.807, 2.05) is 30.3 Å². The number of fused-ring (bicyclic) bond motifs is 3. The van der Waals surface area contributed by atoms with E-state index in [1.54, 1.807) is 6.92 Å². The van der Waals surface area contributed by atoms with Crippen LogP contribution in [-0.2, 0) is 19.0 Å². The van der Waals surface area contributed by atoms with E-state index in [9.17, 15) is 14.7 Å². The highest BCUT2D eigenvalue weighted by atomic mass is 16.7. The van der Waals surface area contributed by atoms with Crippen molar-refractivity contribution in [2.45, 2.75) is 109 Å². The van der Waals surface area contributed by atoms with Gasteiger partial charge in [0.1, 0.15) is 6.61 Å². The molecule has 1 aliphatic carbocycles. The molecule has 2 heterocycles. The number of benzene rings is 2. The summed E-state index contributed by atoms with van der Waals surface area (Å²) in [5.41, 5.74) is 4.59. The van der Waals surface area contributed by atoms with E-state index in [0.717, 1.165) is 80.0 Å². The van der Waals surface area contributed by atoms with Gasteiger partial charge in [-0.3, -0.25) is 4.79 Å². The number of amides is 2. The summed E-state index contributed by atoms with van der Waals surface area (Å²) in [5, 5.41) is 16.2. The van der Waals surface area contributed by atoms with E-state index in [1.165, 1.54) is 0 Å². The topological polar surface area (TPSA) is 106 Å². The van der Waals surface area contributed by atoms with Gasteiger partial charge in [0.05, 0.1) is 24.2 Å². The second-order valence-electron chi connectivity index (χ2n) is 14.0. The van der Waals surface area contributed by atoms with Crippen LogP contribution in [-0.4, -0.2) is 60.9 Å². The van der Waals surface area contributed by atoms with Crippen LogP contribution in [0.3, 0.4) is 0 Å². The molecule has 0 aromatic heterocycles. The smallest absolute Gasteiger partial charge is 0.407 e. The second-order valence-corrected chi connectivity index (χ2v) is 14.0. The lowest BCUT2D eigenvalue weighted by Gasteiger charge is -2.48. The van der Waals surface area contributed by atoms with Gasteiger partial charge < -0.3 is 30.0 Å². The van der Waals surface area contributed by atoms with E-state index < -0.39 is 23.9 Å². The van der Waals surface area contributed by atoms with Gasteiger partial charge >= 0.3 is 6.09 Å². The Bertz CT molecular complexity index is 1320. The van der Waals surface area contributed by atoms with Crippen molar-refractivity contribution in [2.24, 2.45) is 17.8 Å². The van der Waals surface area contributed by atoms with Crippen molar-refractivity contribution < 1.29 is 28.9 Å². The molecule has 2 aromatic carbocycles. The lowest BCUT2D eigenvalue weighted by atomic mass is 9.85. The number of nitrogens with one attached hydrogen (secondary N) is 2. The zero-order valence-corrected chi connectivity index (χ0v) is 28.4. The average molecular weight is 647 g/mol. The van der Waals surface area contributed by atoms with Gasteiger partial charge in [-0.15, -0.1) is 6.58 Å². The number of aliphatic hydroxyl groups excluding tert-OH is 1. The number of alkyl carbamates (subject to hydrolysis) is 1. The van der Waals surface area contributed by atoms with E-state index >= 15 is 0 Å². The minimum atomic E-state index is -1.04. The summed E-state index contributed by atoms with van der Waals surface area (Å²) in [5.74, 6) is -0.515. The zero-order chi connectivity index (χ0) is 33.4. The fraction of sp³-hybridized carbons (Fsp3) is 0.590. The number of hydrogen-bond acceptors (Lipinski definition) is 6. The van der Waals surface area contributed by atoms with Gasteiger partial charge in [-0.25, -0.2) is 4.79 Å². The number of allylic oxidation sites excluding steroid dienone is 1. The molecule has 3 N–H and O–H groups in total. The molecule has 2 aromatic rings. The third-order valence-electron chi connectivity index (χ3n) is 10.5. The van der Waals surface area contributed by atoms with Crippen molar-refractivity contribution in [3.8, 4) is 11.1 Å². The Morgan fingerprint density at radius 3 is 2.43 bits per heavy atom. The number of ether oxygens (including phenoxy) is 3. The molecule has 2 fully saturated rings. The average Bonchev–Trinajstić information content (AvgIpc) is 3.41. The second kappa shape index (κ2) is 16.3. The molecule has 1 unspecified atom stereocenters. The lowest BCUT2D eigenvalue weighted by molar-refractivity contribution is -0.324. The first-order valence-corrected chi connectivity index (χ1v) is 17.7. The SMILES string of the molecule is C=C[C@@H](C)CC[C@@H]1CCC[C@]2(CCC(C)[C@@H](CCCNC(=O)[C@@H](C)[C@@H](O)CNC(=O)OCC3c4ccccc4-c4ccccc43)O2)O1. The van der Waals surface area contributed by atoms with Crippen molar-refractivity contribution >= 4 is 12.0 Å². The van der Waals surface area contributed by atoms with Gasteiger partial charge in [0.15, 0.2) is 5.79 Å². The summed E-state index contributed by atoms with van der Waals surface area (Å²) in [6.45, 7) is 10.6. The van der Waals surface area contributed by atoms with Gasteiger partial charge in [-0.1, -0.05) is 75.4 Å². The fourth-order valence-corrected chi connectivity index (χ4v) is 7.35. The van der Waals surface area contributed by atoms with Gasteiger partial charge in [0.25, 0.3) is 0 Å². The van der Waals surface area contributed by atoms with Crippen LogP contribution >= 0.6 is 0 Å². The van der Waals surface area contributed by atoms with Gasteiger partial charge in [0, 0.05) is 31.8 Å². The zero-order valence-electron chi connectivity index (χ0n) is 28.4. The molecule has 8 heteroatoms. The molecule has 3 aliphatic rings. The first kappa shape index (κ1) is 35.1. The monoisotopic (exact) mass is 646 g/mol. The highest BCUT2D eigenvalue weighted by Crippen LogP contribution is 2.45. The highest BCUT2D eigenvalue weighted by Gasteiger charge is 2.44. The number of hydrogen-bond donors (Lipinski definition) is 3. The maximum absolute atomic E-state index is 12.8. The Hall–Kier alpha value is -3.20. The molecule has 2 saturated heterocycles. The van der Waals surface area contributed by atoms with Crippen LogP contribution in [0.15, 0.2) is 61.2 Å². The Morgan fingerprint density at radius 2 is 1.72 bits per heavy atom. The Labute approximate surface area is 280 Å². The Kier molecular flexibility index (Phi) is 12.2.